The summed E-state index contributed by atoms with van der Waals surface area (Å²) < 4.78 is 5.12. The predicted octanol–water partition coefficient (Wildman–Crippen LogP) is 2.30. The van der Waals surface area contributed by atoms with Crippen LogP contribution in [0.2, 0.25) is 0 Å². The maximum absolute atomic E-state index is 5.12. The minimum Gasteiger partial charge on any atom is -0.338 e. The van der Waals surface area contributed by atoms with Gasteiger partial charge in [0.25, 0.3) is 0 Å². The van der Waals surface area contributed by atoms with Crippen molar-refractivity contribution in [3.63, 3.8) is 0 Å². The van der Waals surface area contributed by atoms with Gasteiger partial charge in [-0.3, -0.25) is 0 Å². The second-order valence-corrected chi connectivity index (χ2v) is 4.11. The molecule has 0 saturated carbocycles. The Kier molecular flexibility index (Phi) is 3.47. The Hall–Kier alpha value is -1.20. The zero-order valence-corrected chi connectivity index (χ0v) is 9.38. The third-order valence-corrected chi connectivity index (χ3v) is 2.78. The fourth-order valence-corrected chi connectivity index (χ4v) is 1.85. The first-order valence-electron chi connectivity index (χ1n) is 4.97. The molecule has 0 spiro atoms. The molecule has 0 unspecified atom stereocenters. The molecule has 4 nitrogen and oxygen atoms in total. The highest BCUT2D eigenvalue weighted by atomic mass is 32.1. The number of thiophene rings is 1. The van der Waals surface area contributed by atoms with Crippen LogP contribution in [0.15, 0.2) is 22.0 Å². The highest BCUT2D eigenvalue weighted by Crippen LogP contribution is 2.20. The van der Waals surface area contributed by atoms with Crippen LogP contribution in [0.5, 0.6) is 0 Å². The molecule has 0 aliphatic rings. The molecule has 0 saturated heterocycles. The van der Waals surface area contributed by atoms with Gasteiger partial charge in [-0.2, -0.15) is 4.98 Å². The van der Waals surface area contributed by atoms with E-state index in [1.165, 1.54) is 0 Å². The van der Waals surface area contributed by atoms with Gasteiger partial charge in [0.1, 0.15) is 0 Å². The van der Waals surface area contributed by atoms with Crippen LogP contribution in [0.1, 0.15) is 19.2 Å². The van der Waals surface area contributed by atoms with E-state index in [0.29, 0.717) is 18.3 Å². The lowest BCUT2D eigenvalue weighted by atomic mass is 10.4. The molecule has 2 heterocycles. The van der Waals surface area contributed by atoms with Crippen LogP contribution in [0.3, 0.4) is 0 Å². The van der Waals surface area contributed by atoms with Gasteiger partial charge in [0.2, 0.25) is 11.7 Å². The summed E-state index contributed by atoms with van der Waals surface area (Å²) in [5, 5.41) is 9.14. The number of aromatic nitrogens is 2. The highest BCUT2D eigenvalue weighted by Gasteiger charge is 2.08. The van der Waals surface area contributed by atoms with Crippen molar-refractivity contribution >= 4 is 11.3 Å². The molecule has 2 rings (SSSR count). The maximum atomic E-state index is 5.12. The quantitative estimate of drug-likeness (QED) is 0.790. The summed E-state index contributed by atoms with van der Waals surface area (Å²) in [4.78, 5) is 5.34. The zero-order chi connectivity index (χ0) is 10.5. The summed E-state index contributed by atoms with van der Waals surface area (Å²) in [6, 6.07) is 3.96. The van der Waals surface area contributed by atoms with E-state index >= 15 is 0 Å². The summed E-state index contributed by atoms with van der Waals surface area (Å²) in [7, 11) is 0. The van der Waals surface area contributed by atoms with E-state index in [9.17, 15) is 0 Å². The Morgan fingerprint density at radius 1 is 1.53 bits per heavy atom. The molecular formula is C10H13N3OS. The average molecular weight is 223 g/mol. The second-order valence-electron chi connectivity index (χ2n) is 3.17. The third kappa shape index (κ3) is 2.64. The third-order valence-electron chi connectivity index (χ3n) is 1.91. The van der Waals surface area contributed by atoms with Crippen LogP contribution in [-0.4, -0.2) is 16.7 Å². The average Bonchev–Trinajstić information content (AvgIpc) is 2.87. The van der Waals surface area contributed by atoms with E-state index in [1.54, 1.807) is 11.3 Å². The topological polar surface area (TPSA) is 51.0 Å². The van der Waals surface area contributed by atoms with Crippen LogP contribution >= 0.6 is 11.3 Å². The number of rotatable bonds is 5. The highest BCUT2D eigenvalue weighted by molar-refractivity contribution is 7.13. The largest absolute Gasteiger partial charge is 0.338 e. The van der Waals surface area contributed by atoms with Gasteiger partial charge in [-0.25, -0.2) is 0 Å². The van der Waals surface area contributed by atoms with Gasteiger partial charge in [0, 0.05) is 0 Å². The molecule has 0 bridgehead atoms. The molecule has 0 aliphatic heterocycles. The molecule has 0 amide bonds. The molecule has 15 heavy (non-hydrogen) atoms. The Morgan fingerprint density at radius 2 is 2.47 bits per heavy atom. The summed E-state index contributed by atoms with van der Waals surface area (Å²) in [5.74, 6) is 1.32. The summed E-state index contributed by atoms with van der Waals surface area (Å²) in [6.45, 7) is 3.74. The number of hydrogen-bond acceptors (Lipinski definition) is 5. The van der Waals surface area contributed by atoms with Gasteiger partial charge in [-0.15, -0.1) is 11.3 Å². The molecule has 1 N–H and O–H groups in total. The van der Waals surface area contributed by atoms with E-state index in [2.05, 4.69) is 22.4 Å². The molecule has 2 aromatic heterocycles. The first-order chi connectivity index (χ1) is 7.40. The molecule has 0 atom stereocenters. The predicted molar refractivity (Wildman–Crippen MR) is 59.6 cm³/mol. The molecule has 5 heteroatoms. The number of hydrogen-bond donors (Lipinski definition) is 1. The van der Waals surface area contributed by atoms with Crippen LogP contribution in [0.25, 0.3) is 10.7 Å². The maximum Gasteiger partial charge on any atom is 0.240 e. The molecule has 0 fully saturated rings. The van der Waals surface area contributed by atoms with Crippen molar-refractivity contribution in [2.24, 2.45) is 0 Å². The second kappa shape index (κ2) is 5.04. The van der Waals surface area contributed by atoms with Crippen molar-refractivity contribution < 1.29 is 4.52 Å². The Labute approximate surface area is 92.3 Å². The molecular weight excluding hydrogens is 210 g/mol. The van der Waals surface area contributed by atoms with E-state index < -0.39 is 0 Å². The van der Waals surface area contributed by atoms with Gasteiger partial charge in [-0.1, -0.05) is 18.1 Å². The lowest BCUT2D eigenvalue weighted by Crippen LogP contribution is -2.13. The summed E-state index contributed by atoms with van der Waals surface area (Å²) >= 11 is 1.61. The van der Waals surface area contributed by atoms with E-state index in [1.807, 2.05) is 17.5 Å². The Morgan fingerprint density at radius 3 is 3.20 bits per heavy atom. The molecule has 2 aromatic rings. The lowest BCUT2D eigenvalue weighted by Gasteiger charge is -1.95. The molecule has 0 radical (unpaired) electrons. The smallest absolute Gasteiger partial charge is 0.240 e. The SMILES string of the molecule is CCCNCc1nc(-c2cccs2)no1. The fraction of sp³-hybridized carbons (Fsp3) is 0.400. The summed E-state index contributed by atoms with van der Waals surface area (Å²) in [6.07, 6.45) is 1.10. The molecule has 0 aromatic carbocycles. The van der Waals surface area contributed by atoms with E-state index in [4.69, 9.17) is 4.52 Å². The Balaban J connectivity index is 1.98. The van der Waals surface area contributed by atoms with Gasteiger partial charge in [-0.05, 0) is 24.4 Å². The fourth-order valence-electron chi connectivity index (χ4n) is 1.20. The van der Waals surface area contributed by atoms with Crippen LogP contribution < -0.4 is 5.32 Å². The van der Waals surface area contributed by atoms with Gasteiger partial charge in [0.15, 0.2) is 0 Å². The first kappa shape index (κ1) is 10.3. The molecule has 80 valence electrons. The van der Waals surface area contributed by atoms with Gasteiger partial charge >= 0.3 is 0 Å². The molecule has 0 aliphatic carbocycles. The number of nitrogens with one attached hydrogen (secondary N) is 1. The van der Waals surface area contributed by atoms with Crippen molar-refractivity contribution in [1.29, 1.82) is 0 Å². The van der Waals surface area contributed by atoms with Crippen molar-refractivity contribution in [2.45, 2.75) is 19.9 Å². The van der Waals surface area contributed by atoms with Crippen LogP contribution in [0, 0.1) is 0 Å². The van der Waals surface area contributed by atoms with Crippen molar-refractivity contribution in [1.82, 2.24) is 15.5 Å². The monoisotopic (exact) mass is 223 g/mol. The van der Waals surface area contributed by atoms with E-state index in [0.717, 1.165) is 17.8 Å². The van der Waals surface area contributed by atoms with Crippen LogP contribution in [-0.2, 0) is 6.54 Å². The van der Waals surface area contributed by atoms with Crippen molar-refractivity contribution in [3.8, 4) is 10.7 Å². The first-order valence-corrected chi connectivity index (χ1v) is 5.85. The summed E-state index contributed by atoms with van der Waals surface area (Å²) in [5.41, 5.74) is 0. The normalized spacial score (nSPS) is 10.7. The number of nitrogens with zero attached hydrogens (tertiary/aromatic N) is 2. The zero-order valence-electron chi connectivity index (χ0n) is 8.56. The van der Waals surface area contributed by atoms with Crippen molar-refractivity contribution in [2.75, 3.05) is 6.54 Å². The van der Waals surface area contributed by atoms with E-state index in [-0.39, 0.29) is 0 Å². The van der Waals surface area contributed by atoms with Crippen LogP contribution in [0.4, 0.5) is 0 Å². The van der Waals surface area contributed by atoms with Gasteiger partial charge in [0.05, 0.1) is 11.4 Å². The van der Waals surface area contributed by atoms with Gasteiger partial charge < -0.3 is 9.84 Å². The Bertz CT molecular complexity index is 396. The minimum absolute atomic E-state index is 0.645. The standard InChI is InChI=1S/C10H13N3OS/c1-2-5-11-7-9-12-10(13-14-9)8-4-3-6-15-8/h3-4,6,11H,2,5,7H2,1H3. The van der Waals surface area contributed by atoms with Crippen molar-refractivity contribution in [3.05, 3.63) is 23.4 Å². The minimum atomic E-state index is 0.645. The lowest BCUT2D eigenvalue weighted by molar-refractivity contribution is 0.368.